The summed E-state index contributed by atoms with van der Waals surface area (Å²) in [6.45, 7) is 6.11. The number of carbonyl (C=O) groups is 1. The Hall–Kier alpha value is -2.99. The summed E-state index contributed by atoms with van der Waals surface area (Å²) in [5.41, 5.74) is 6.95. The quantitative estimate of drug-likeness (QED) is 0.706. The van der Waals surface area contributed by atoms with Crippen LogP contribution in [0.15, 0.2) is 48.5 Å². The highest BCUT2D eigenvalue weighted by atomic mass is 19.1. The first-order valence-electron chi connectivity index (χ1n) is 8.35. The minimum atomic E-state index is -0.396. The number of halogens is 1. The maximum atomic E-state index is 13.2. The van der Waals surface area contributed by atoms with E-state index < -0.39 is 5.91 Å². The van der Waals surface area contributed by atoms with Crippen LogP contribution >= 0.6 is 0 Å². The summed E-state index contributed by atoms with van der Waals surface area (Å²) in [6.07, 6.45) is 0. The Kier molecular flexibility index (Phi) is 5.14. The Balaban J connectivity index is 2.11. The van der Waals surface area contributed by atoms with Crippen molar-refractivity contribution in [3.05, 3.63) is 71.2 Å². The van der Waals surface area contributed by atoms with Crippen LogP contribution in [0.1, 0.15) is 28.5 Å². The molecule has 2 aromatic carbocycles. The zero-order valence-corrected chi connectivity index (χ0v) is 14.9. The van der Waals surface area contributed by atoms with Gasteiger partial charge >= 0.3 is 0 Å². The van der Waals surface area contributed by atoms with Gasteiger partial charge in [0, 0.05) is 5.56 Å². The van der Waals surface area contributed by atoms with Crippen LogP contribution in [0.5, 0.6) is 0 Å². The molecule has 0 fully saturated rings. The van der Waals surface area contributed by atoms with Crippen LogP contribution < -0.4 is 5.48 Å². The standard InChI is InChI=1S/C20H20FN3O2/c1-4-26-23-20(25)19-12-17(15-6-8-16(21)9-7-15)22-24(19)18-10-5-13(2)11-14(18)3/h5-12H,4H2,1-3H3,(H,23,25). The van der Waals surface area contributed by atoms with Crippen molar-refractivity contribution in [3.63, 3.8) is 0 Å². The molecule has 0 unspecified atom stereocenters. The maximum absolute atomic E-state index is 13.2. The van der Waals surface area contributed by atoms with Crippen molar-refractivity contribution in [2.45, 2.75) is 20.8 Å². The van der Waals surface area contributed by atoms with Gasteiger partial charge in [0.25, 0.3) is 5.91 Å². The first kappa shape index (κ1) is 17.8. The van der Waals surface area contributed by atoms with E-state index in [1.807, 2.05) is 32.0 Å². The molecule has 3 aromatic rings. The number of amides is 1. The Morgan fingerprint density at radius 3 is 2.54 bits per heavy atom. The largest absolute Gasteiger partial charge is 0.293 e. The molecule has 1 amide bonds. The Bertz CT molecular complexity index is 933. The van der Waals surface area contributed by atoms with Gasteiger partial charge < -0.3 is 0 Å². The predicted octanol–water partition coefficient (Wildman–Crippen LogP) is 3.98. The van der Waals surface area contributed by atoms with Gasteiger partial charge in [-0.1, -0.05) is 17.7 Å². The van der Waals surface area contributed by atoms with Crippen LogP contribution in [0.3, 0.4) is 0 Å². The molecule has 3 rings (SSSR count). The Morgan fingerprint density at radius 1 is 1.15 bits per heavy atom. The van der Waals surface area contributed by atoms with E-state index in [9.17, 15) is 9.18 Å². The lowest BCUT2D eigenvalue weighted by Crippen LogP contribution is -2.26. The first-order chi connectivity index (χ1) is 12.5. The molecular weight excluding hydrogens is 333 g/mol. The second-order valence-electron chi connectivity index (χ2n) is 5.99. The number of aromatic nitrogens is 2. The number of carbonyl (C=O) groups excluding carboxylic acids is 1. The Morgan fingerprint density at radius 2 is 1.88 bits per heavy atom. The highest BCUT2D eigenvalue weighted by Gasteiger charge is 2.19. The number of nitrogens with zero attached hydrogens (tertiary/aromatic N) is 2. The first-order valence-corrected chi connectivity index (χ1v) is 8.35. The Labute approximate surface area is 151 Å². The number of hydroxylamine groups is 1. The molecule has 0 bridgehead atoms. The molecule has 1 N–H and O–H groups in total. The van der Waals surface area contributed by atoms with Crippen molar-refractivity contribution in [2.24, 2.45) is 0 Å². The van der Waals surface area contributed by atoms with Crippen LogP contribution in [-0.4, -0.2) is 22.3 Å². The van der Waals surface area contributed by atoms with E-state index in [4.69, 9.17) is 4.84 Å². The third-order valence-electron chi connectivity index (χ3n) is 3.97. The molecule has 0 spiro atoms. The SMILES string of the molecule is CCONC(=O)c1cc(-c2ccc(F)cc2)nn1-c1ccc(C)cc1C. The zero-order valence-electron chi connectivity index (χ0n) is 14.9. The van der Waals surface area contributed by atoms with Gasteiger partial charge in [0.2, 0.25) is 0 Å². The zero-order chi connectivity index (χ0) is 18.7. The maximum Gasteiger partial charge on any atom is 0.293 e. The number of hydrogen-bond donors (Lipinski definition) is 1. The lowest BCUT2D eigenvalue weighted by Gasteiger charge is -2.11. The van der Waals surface area contributed by atoms with Gasteiger partial charge in [-0.05, 0) is 62.7 Å². The van der Waals surface area contributed by atoms with Gasteiger partial charge in [0.05, 0.1) is 18.0 Å². The monoisotopic (exact) mass is 353 g/mol. The molecule has 5 nitrogen and oxygen atoms in total. The van der Waals surface area contributed by atoms with E-state index in [1.165, 1.54) is 12.1 Å². The highest BCUT2D eigenvalue weighted by molar-refractivity contribution is 5.93. The molecular formula is C20H20FN3O2. The molecule has 0 aliphatic carbocycles. The minimum Gasteiger partial charge on any atom is -0.274 e. The molecule has 0 atom stereocenters. The molecule has 6 heteroatoms. The van der Waals surface area contributed by atoms with Crippen molar-refractivity contribution in [2.75, 3.05) is 6.61 Å². The molecule has 26 heavy (non-hydrogen) atoms. The van der Waals surface area contributed by atoms with E-state index in [2.05, 4.69) is 10.6 Å². The second-order valence-corrected chi connectivity index (χ2v) is 5.99. The van der Waals surface area contributed by atoms with Crippen LogP contribution in [0.25, 0.3) is 16.9 Å². The van der Waals surface area contributed by atoms with E-state index in [-0.39, 0.29) is 5.82 Å². The van der Waals surface area contributed by atoms with Crippen molar-refractivity contribution in [1.82, 2.24) is 15.3 Å². The summed E-state index contributed by atoms with van der Waals surface area (Å²) < 4.78 is 14.8. The highest BCUT2D eigenvalue weighted by Crippen LogP contribution is 2.24. The van der Waals surface area contributed by atoms with Gasteiger partial charge in [-0.25, -0.2) is 14.6 Å². The van der Waals surface area contributed by atoms with Gasteiger partial charge in [0.15, 0.2) is 0 Å². The number of hydrogen-bond acceptors (Lipinski definition) is 3. The molecule has 0 radical (unpaired) electrons. The third-order valence-corrected chi connectivity index (χ3v) is 3.97. The summed E-state index contributed by atoms with van der Waals surface area (Å²) >= 11 is 0. The van der Waals surface area contributed by atoms with Crippen molar-refractivity contribution < 1.29 is 14.0 Å². The van der Waals surface area contributed by atoms with Gasteiger partial charge in [-0.2, -0.15) is 5.10 Å². The second kappa shape index (κ2) is 7.49. The summed E-state index contributed by atoms with van der Waals surface area (Å²) in [5, 5.41) is 4.58. The lowest BCUT2D eigenvalue weighted by atomic mass is 10.1. The predicted molar refractivity (Wildman–Crippen MR) is 97.5 cm³/mol. The van der Waals surface area contributed by atoms with Crippen molar-refractivity contribution in [1.29, 1.82) is 0 Å². The van der Waals surface area contributed by atoms with Gasteiger partial charge in [-0.15, -0.1) is 0 Å². The summed E-state index contributed by atoms with van der Waals surface area (Å²) in [4.78, 5) is 17.5. The lowest BCUT2D eigenvalue weighted by molar-refractivity contribution is 0.0357. The topological polar surface area (TPSA) is 56.1 Å². The number of aryl methyl sites for hydroxylation is 2. The molecule has 0 aliphatic heterocycles. The summed E-state index contributed by atoms with van der Waals surface area (Å²) in [6, 6.07) is 13.6. The molecule has 0 saturated heterocycles. The van der Waals surface area contributed by atoms with Crippen LogP contribution in [0, 0.1) is 19.7 Å². The molecule has 1 aromatic heterocycles. The van der Waals surface area contributed by atoms with E-state index in [0.717, 1.165) is 22.4 Å². The van der Waals surface area contributed by atoms with Crippen molar-refractivity contribution >= 4 is 5.91 Å². The fourth-order valence-corrected chi connectivity index (χ4v) is 2.72. The van der Waals surface area contributed by atoms with Crippen LogP contribution in [-0.2, 0) is 4.84 Å². The van der Waals surface area contributed by atoms with E-state index >= 15 is 0 Å². The molecule has 0 aliphatic rings. The average Bonchev–Trinajstić information content (AvgIpc) is 3.05. The smallest absolute Gasteiger partial charge is 0.274 e. The number of rotatable bonds is 5. The van der Waals surface area contributed by atoms with E-state index in [1.54, 1.807) is 29.8 Å². The van der Waals surface area contributed by atoms with Gasteiger partial charge in [-0.3, -0.25) is 9.63 Å². The average molecular weight is 353 g/mol. The normalized spacial score (nSPS) is 10.8. The number of nitrogens with one attached hydrogen (secondary N) is 1. The fraction of sp³-hybridized carbons (Fsp3) is 0.200. The van der Waals surface area contributed by atoms with Crippen molar-refractivity contribution in [3.8, 4) is 16.9 Å². The summed E-state index contributed by atoms with van der Waals surface area (Å²) in [5.74, 6) is -0.718. The van der Waals surface area contributed by atoms with E-state index in [0.29, 0.717) is 18.0 Å². The van der Waals surface area contributed by atoms with Crippen LogP contribution in [0.2, 0.25) is 0 Å². The number of benzene rings is 2. The fourth-order valence-electron chi connectivity index (χ4n) is 2.72. The molecule has 1 heterocycles. The summed E-state index contributed by atoms with van der Waals surface area (Å²) in [7, 11) is 0. The van der Waals surface area contributed by atoms with Gasteiger partial charge in [0.1, 0.15) is 11.5 Å². The molecule has 134 valence electrons. The molecule has 0 saturated carbocycles. The van der Waals surface area contributed by atoms with Crippen LogP contribution in [0.4, 0.5) is 4.39 Å². The minimum absolute atomic E-state index is 0.322. The third kappa shape index (κ3) is 3.65.